The zero-order chi connectivity index (χ0) is 29.7. The summed E-state index contributed by atoms with van der Waals surface area (Å²) in [6.45, 7) is 4.18. The maximum atomic E-state index is 10.2. The number of rotatable bonds is 12. The highest BCUT2D eigenvalue weighted by Crippen LogP contribution is 2.47. The third-order valence-electron chi connectivity index (χ3n) is 8.03. The molecule has 3 N–H and O–H groups in total. The van der Waals surface area contributed by atoms with Gasteiger partial charge in [-0.05, 0) is 97.6 Å². The van der Waals surface area contributed by atoms with E-state index in [0.29, 0.717) is 18.0 Å². The van der Waals surface area contributed by atoms with Crippen LogP contribution in [0.2, 0.25) is 0 Å². The summed E-state index contributed by atoms with van der Waals surface area (Å²) >= 11 is 0. The molecule has 0 amide bonds. The first kappa shape index (κ1) is 31.2. The Hall–Kier alpha value is -3.72. The Morgan fingerprint density at radius 3 is 2.45 bits per heavy atom. The van der Waals surface area contributed by atoms with Crippen molar-refractivity contribution < 1.29 is 29.4 Å². The lowest BCUT2D eigenvalue weighted by Gasteiger charge is -2.35. The molecular formula is C34H42N2O6. The number of aromatic hydroxyl groups is 1. The van der Waals surface area contributed by atoms with Crippen LogP contribution in [0.3, 0.4) is 0 Å². The molecule has 0 radical (unpaired) electrons. The van der Waals surface area contributed by atoms with Crippen molar-refractivity contribution in [2.75, 3.05) is 33.4 Å². The molecule has 5 rings (SSSR count). The van der Waals surface area contributed by atoms with Gasteiger partial charge in [0, 0.05) is 18.9 Å². The van der Waals surface area contributed by atoms with E-state index in [-0.39, 0.29) is 18.8 Å². The lowest BCUT2D eigenvalue weighted by atomic mass is 9.69. The van der Waals surface area contributed by atoms with E-state index in [0.717, 1.165) is 31.7 Å². The molecular weight excluding hydrogens is 532 g/mol. The minimum Gasteiger partial charge on any atom is -0.508 e. The molecule has 0 unspecified atom stereocenters. The van der Waals surface area contributed by atoms with Gasteiger partial charge in [0.25, 0.3) is 0 Å². The Kier molecular flexibility index (Phi) is 11.9. The van der Waals surface area contributed by atoms with Gasteiger partial charge in [0.15, 0.2) is 0 Å². The van der Waals surface area contributed by atoms with E-state index in [2.05, 4.69) is 75.9 Å². The van der Waals surface area contributed by atoms with Crippen LogP contribution in [0.25, 0.3) is 0 Å². The van der Waals surface area contributed by atoms with E-state index < -0.39 is 12.0 Å². The number of carbonyl (C=O) groups excluding carboxylic acids is 1. The molecule has 224 valence electrons. The molecule has 1 saturated heterocycles. The van der Waals surface area contributed by atoms with Crippen LogP contribution >= 0.6 is 0 Å². The van der Waals surface area contributed by atoms with Crippen molar-refractivity contribution in [1.82, 2.24) is 10.4 Å². The number of fused-ring (bicyclic) bond motifs is 1. The fourth-order valence-corrected chi connectivity index (χ4v) is 5.93. The highest BCUT2D eigenvalue weighted by Gasteiger charge is 2.32. The Morgan fingerprint density at radius 2 is 1.79 bits per heavy atom. The van der Waals surface area contributed by atoms with Crippen LogP contribution in [-0.2, 0) is 20.8 Å². The number of likely N-dealkylation sites (tertiary alicyclic amines) is 1. The second-order valence-electron chi connectivity index (χ2n) is 10.9. The predicted octanol–water partition coefficient (Wildman–Crippen LogP) is 5.30. The molecule has 3 aromatic carbocycles. The highest BCUT2D eigenvalue weighted by molar-refractivity contribution is 5.68. The number of hydroxylamine groups is 1. The van der Waals surface area contributed by atoms with Gasteiger partial charge in [0.05, 0.1) is 13.2 Å². The summed E-state index contributed by atoms with van der Waals surface area (Å²) in [5.41, 5.74) is 7.66. The summed E-state index contributed by atoms with van der Waals surface area (Å²) in [4.78, 5) is 27.1. The van der Waals surface area contributed by atoms with Crippen LogP contribution in [0.15, 0.2) is 72.8 Å². The average Bonchev–Trinajstić information content (AvgIpc) is 3.53. The van der Waals surface area contributed by atoms with Gasteiger partial charge in [0.2, 0.25) is 0 Å². The summed E-state index contributed by atoms with van der Waals surface area (Å²) in [5.74, 6) is 1.10. The smallest absolute Gasteiger partial charge is 0.303 e. The van der Waals surface area contributed by atoms with E-state index in [4.69, 9.17) is 9.84 Å². The number of phenolic OH excluding ortho intramolecular Hbond substituents is 1. The molecule has 0 bridgehead atoms. The molecule has 1 aliphatic carbocycles. The summed E-state index contributed by atoms with van der Waals surface area (Å²) in [5, 5.41) is 18.2. The van der Waals surface area contributed by atoms with Gasteiger partial charge in [-0.15, -0.1) is 0 Å². The van der Waals surface area contributed by atoms with Gasteiger partial charge < -0.3 is 24.6 Å². The lowest BCUT2D eigenvalue weighted by molar-refractivity contribution is -0.137. The standard InChI is InChI=1S/C28H31NO2.C6H11NO4/c30-24-11-15-27-23(20-24)10-14-26(21-6-2-1-3-7-21)28(27)22-8-12-25(13-9-22)31-19-18-29-16-4-5-17-29;1-11-7-5(4-8)2-3-6(9)10/h1-3,6-9,11-13,15,20,26,28,30H,4-5,10,14,16-19H2;4-5,7H,2-3H2,1H3,(H,9,10)/t26-,28+;5-/m11/s1. The second-order valence-corrected chi connectivity index (χ2v) is 10.9. The summed E-state index contributed by atoms with van der Waals surface area (Å²) in [7, 11) is 1.37. The number of aldehydes is 1. The number of nitrogens with one attached hydrogen (secondary N) is 1. The molecule has 1 aliphatic heterocycles. The molecule has 0 spiro atoms. The van der Waals surface area contributed by atoms with Gasteiger partial charge in [0.1, 0.15) is 24.4 Å². The number of benzene rings is 3. The molecule has 3 atom stereocenters. The van der Waals surface area contributed by atoms with Crippen molar-refractivity contribution in [1.29, 1.82) is 0 Å². The number of carboxylic acid groups (broad SMARTS) is 1. The first-order valence-electron chi connectivity index (χ1n) is 14.8. The number of carbonyl (C=O) groups is 2. The normalized spacial score (nSPS) is 18.8. The number of hydrogen-bond acceptors (Lipinski definition) is 7. The number of ether oxygens (including phenoxy) is 1. The van der Waals surface area contributed by atoms with E-state index >= 15 is 0 Å². The molecule has 8 nitrogen and oxygen atoms in total. The minimum atomic E-state index is -0.922. The lowest BCUT2D eigenvalue weighted by Crippen LogP contribution is -2.29. The Balaban J connectivity index is 0.000000315. The van der Waals surface area contributed by atoms with Crippen molar-refractivity contribution >= 4 is 12.3 Å². The van der Waals surface area contributed by atoms with E-state index in [1.165, 1.54) is 55.3 Å². The number of aryl methyl sites for hydroxylation is 1. The van der Waals surface area contributed by atoms with Crippen LogP contribution in [0, 0.1) is 0 Å². The number of phenols is 1. The Labute approximate surface area is 248 Å². The Bertz CT molecular complexity index is 1260. The largest absolute Gasteiger partial charge is 0.508 e. The van der Waals surface area contributed by atoms with Crippen molar-refractivity contribution in [3.05, 3.63) is 95.1 Å². The molecule has 8 heteroatoms. The third kappa shape index (κ3) is 8.89. The van der Waals surface area contributed by atoms with Crippen LogP contribution in [-0.4, -0.2) is 66.8 Å². The van der Waals surface area contributed by atoms with Crippen molar-refractivity contribution in [2.45, 2.75) is 56.4 Å². The van der Waals surface area contributed by atoms with Gasteiger partial charge >= 0.3 is 5.97 Å². The first-order valence-corrected chi connectivity index (χ1v) is 14.8. The van der Waals surface area contributed by atoms with Gasteiger partial charge in [-0.25, -0.2) is 0 Å². The average molecular weight is 575 g/mol. The van der Waals surface area contributed by atoms with Gasteiger partial charge in [-0.2, -0.15) is 5.48 Å². The molecule has 2 aliphatic rings. The van der Waals surface area contributed by atoms with E-state index in [9.17, 15) is 14.7 Å². The molecule has 1 heterocycles. The van der Waals surface area contributed by atoms with Crippen LogP contribution in [0.1, 0.15) is 66.2 Å². The molecule has 0 saturated carbocycles. The maximum Gasteiger partial charge on any atom is 0.303 e. The van der Waals surface area contributed by atoms with Crippen molar-refractivity contribution in [3.8, 4) is 11.5 Å². The number of nitrogens with zero attached hydrogens (tertiary/aromatic N) is 1. The minimum absolute atomic E-state index is 0.0419. The van der Waals surface area contributed by atoms with Crippen molar-refractivity contribution in [3.63, 3.8) is 0 Å². The molecule has 3 aromatic rings. The Morgan fingerprint density at radius 1 is 1.05 bits per heavy atom. The molecule has 42 heavy (non-hydrogen) atoms. The number of aliphatic carboxylic acids is 1. The summed E-state index contributed by atoms with van der Waals surface area (Å²) in [6, 6.07) is 24.9. The van der Waals surface area contributed by atoms with Crippen LogP contribution in [0.4, 0.5) is 0 Å². The highest BCUT2D eigenvalue weighted by atomic mass is 16.6. The molecule has 1 fully saturated rings. The van der Waals surface area contributed by atoms with E-state index in [1.54, 1.807) is 0 Å². The maximum absolute atomic E-state index is 10.2. The zero-order valence-corrected chi connectivity index (χ0v) is 24.3. The van der Waals surface area contributed by atoms with E-state index in [1.807, 2.05) is 12.1 Å². The predicted molar refractivity (Wildman–Crippen MR) is 162 cm³/mol. The zero-order valence-electron chi connectivity index (χ0n) is 24.3. The van der Waals surface area contributed by atoms with Gasteiger partial charge in [-0.3, -0.25) is 9.69 Å². The SMILES string of the molecule is CON[C@@H](C=O)CCC(=O)O.Oc1ccc2c(c1)CC[C@H](c1ccccc1)[C@@H]2c1ccc(OCCN2CCCC2)cc1. The quantitative estimate of drug-likeness (QED) is 0.198. The number of carboxylic acids is 1. The summed E-state index contributed by atoms with van der Waals surface area (Å²) in [6.07, 6.45) is 5.53. The molecule has 0 aromatic heterocycles. The fraction of sp³-hybridized carbons (Fsp3) is 0.412. The first-order chi connectivity index (χ1) is 20.5. The van der Waals surface area contributed by atoms with Gasteiger partial charge in [-0.1, -0.05) is 48.5 Å². The van der Waals surface area contributed by atoms with Crippen LogP contribution < -0.4 is 10.2 Å². The third-order valence-corrected chi connectivity index (χ3v) is 8.03. The topological polar surface area (TPSA) is 108 Å². The second kappa shape index (κ2) is 16.1. The monoisotopic (exact) mass is 574 g/mol. The number of hydrogen-bond donors (Lipinski definition) is 3. The van der Waals surface area contributed by atoms with Crippen molar-refractivity contribution in [2.24, 2.45) is 0 Å². The van der Waals surface area contributed by atoms with Crippen LogP contribution in [0.5, 0.6) is 11.5 Å². The summed E-state index contributed by atoms with van der Waals surface area (Å²) < 4.78 is 6.03. The fourth-order valence-electron chi connectivity index (χ4n) is 5.93.